The van der Waals surface area contributed by atoms with E-state index in [1.807, 2.05) is 6.07 Å². The van der Waals surface area contributed by atoms with Crippen LogP contribution in [0.15, 0.2) is 22.7 Å². The maximum Gasteiger partial charge on any atom is 0.137 e. The molecule has 0 spiro atoms. The van der Waals surface area contributed by atoms with Crippen LogP contribution in [-0.4, -0.2) is 6.54 Å². The fourth-order valence-corrected chi connectivity index (χ4v) is 2.58. The third-order valence-electron chi connectivity index (χ3n) is 3.07. The molecule has 1 aromatic rings. The first-order valence-corrected chi connectivity index (χ1v) is 6.69. The van der Waals surface area contributed by atoms with Crippen molar-refractivity contribution in [2.45, 2.75) is 32.2 Å². The van der Waals surface area contributed by atoms with E-state index in [9.17, 15) is 4.39 Å². The van der Waals surface area contributed by atoms with Crippen molar-refractivity contribution in [3.8, 4) is 0 Å². The molecule has 1 fully saturated rings. The summed E-state index contributed by atoms with van der Waals surface area (Å²) < 4.78 is 14.1. The van der Waals surface area contributed by atoms with Crippen molar-refractivity contribution in [3.05, 3.63) is 34.1 Å². The average molecular weight is 286 g/mol. The third kappa shape index (κ3) is 2.83. The number of hydrogen-bond acceptors (Lipinski definition) is 1. The van der Waals surface area contributed by atoms with Gasteiger partial charge >= 0.3 is 0 Å². The van der Waals surface area contributed by atoms with Gasteiger partial charge in [-0.05, 0) is 46.4 Å². The van der Waals surface area contributed by atoms with Gasteiger partial charge < -0.3 is 5.32 Å². The van der Waals surface area contributed by atoms with Crippen molar-refractivity contribution in [1.82, 2.24) is 5.32 Å². The van der Waals surface area contributed by atoms with E-state index < -0.39 is 0 Å². The zero-order valence-electron chi connectivity index (χ0n) is 9.47. The highest BCUT2D eigenvalue weighted by Gasteiger charge is 2.27. The van der Waals surface area contributed by atoms with Crippen LogP contribution in [0.3, 0.4) is 0 Å². The van der Waals surface area contributed by atoms with Gasteiger partial charge in [-0.15, -0.1) is 0 Å². The van der Waals surface area contributed by atoms with Gasteiger partial charge in [-0.1, -0.05) is 31.9 Å². The zero-order valence-corrected chi connectivity index (χ0v) is 11.1. The Hall–Kier alpha value is -0.410. The van der Waals surface area contributed by atoms with Crippen LogP contribution in [0.25, 0.3) is 0 Å². The van der Waals surface area contributed by atoms with Crippen LogP contribution < -0.4 is 5.32 Å². The van der Waals surface area contributed by atoms with Gasteiger partial charge in [0.1, 0.15) is 5.82 Å². The van der Waals surface area contributed by atoms with E-state index in [0.717, 1.165) is 24.4 Å². The van der Waals surface area contributed by atoms with E-state index in [-0.39, 0.29) is 11.9 Å². The molecule has 1 saturated carbocycles. The summed E-state index contributed by atoms with van der Waals surface area (Å²) >= 11 is 3.35. The highest BCUT2D eigenvalue weighted by atomic mass is 79.9. The quantitative estimate of drug-likeness (QED) is 0.861. The molecule has 0 aliphatic heterocycles. The number of halogens is 2. The summed E-state index contributed by atoms with van der Waals surface area (Å²) in [7, 11) is 0. The topological polar surface area (TPSA) is 12.0 Å². The van der Waals surface area contributed by atoms with Crippen LogP contribution in [0.5, 0.6) is 0 Å². The Kier molecular flexibility index (Phi) is 3.98. The van der Waals surface area contributed by atoms with Gasteiger partial charge in [0.15, 0.2) is 0 Å². The second-order valence-corrected chi connectivity index (χ2v) is 5.23. The normalized spacial score (nSPS) is 17.4. The summed E-state index contributed by atoms with van der Waals surface area (Å²) in [5.74, 6) is 0.662. The SMILES string of the molecule is CCNC(CC1CC1)c1cccc(F)c1Br. The fraction of sp³-hybridized carbons (Fsp3) is 0.538. The predicted molar refractivity (Wildman–Crippen MR) is 67.9 cm³/mol. The first-order valence-electron chi connectivity index (χ1n) is 5.89. The van der Waals surface area contributed by atoms with E-state index in [0.29, 0.717) is 4.47 Å². The molecule has 3 heteroatoms. The second-order valence-electron chi connectivity index (χ2n) is 4.43. The molecule has 1 atom stereocenters. The van der Waals surface area contributed by atoms with Gasteiger partial charge in [-0.3, -0.25) is 0 Å². The van der Waals surface area contributed by atoms with Crippen LogP contribution in [0.1, 0.15) is 37.8 Å². The molecule has 1 nitrogen and oxygen atoms in total. The Morgan fingerprint density at radius 3 is 2.88 bits per heavy atom. The molecule has 0 radical (unpaired) electrons. The molecule has 1 N–H and O–H groups in total. The summed E-state index contributed by atoms with van der Waals surface area (Å²) in [5, 5.41) is 3.44. The summed E-state index contributed by atoms with van der Waals surface area (Å²) in [6, 6.07) is 5.56. The number of hydrogen-bond donors (Lipinski definition) is 1. The van der Waals surface area contributed by atoms with Gasteiger partial charge in [-0.2, -0.15) is 0 Å². The Labute approximate surface area is 105 Å². The fourth-order valence-electron chi connectivity index (χ4n) is 2.04. The van der Waals surface area contributed by atoms with Gasteiger partial charge in [-0.25, -0.2) is 4.39 Å². The molecule has 2 rings (SSSR count). The molecule has 16 heavy (non-hydrogen) atoms. The van der Waals surface area contributed by atoms with Crippen LogP contribution in [0.2, 0.25) is 0 Å². The molecular formula is C13H17BrFN. The highest BCUT2D eigenvalue weighted by molar-refractivity contribution is 9.10. The maximum atomic E-state index is 13.5. The molecule has 0 aromatic heterocycles. The summed E-state index contributed by atoms with van der Waals surface area (Å²) in [5.41, 5.74) is 1.05. The van der Waals surface area contributed by atoms with E-state index in [1.54, 1.807) is 6.07 Å². The van der Waals surface area contributed by atoms with Crippen molar-refractivity contribution >= 4 is 15.9 Å². The van der Waals surface area contributed by atoms with Crippen LogP contribution in [0.4, 0.5) is 4.39 Å². The van der Waals surface area contributed by atoms with E-state index >= 15 is 0 Å². The highest BCUT2D eigenvalue weighted by Crippen LogP contribution is 2.39. The summed E-state index contributed by atoms with van der Waals surface area (Å²) in [6.45, 7) is 3.01. The minimum Gasteiger partial charge on any atom is -0.310 e. The molecule has 88 valence electrons. The monoisotopic (exact) mass is 285 g/mol. The van der Waals surface area contributed by atoms with Crippen molar-refractivity contribution < 1.29 is 4.39 Å². The first-order chi connectivity index (χ1) is 7.72. The minimum absolute atomic E-state index is 0.170. The van der Waals surface area contributed by atoms with Crippen molar-refractivity contribution in [1.29, 1.82) is 0 Å². The molecule has 0 heterocycles. The molecule has 0 saturated heterocycles. The van der Waals surface area contributed by atoms with Crippen LogP contribution >= 0.6 is 15.9 Å². The zero-order chi connectivity index (χ0) is 11.5. The lowest BCUT2D eigenvalue weighted by atomic mass is 10.0. The Morgan fingerprint density at radius 1 is 1.50 bits per heavy atom. The van der Waals surface area contributed by atoms with Crippen molar-refractivity contribution in [2.75, 3.05) is 6.54 Å². The lowest BCUT2D eigenvalue weighted by Crippen LogP contribution is -2.22. The summed E-state index contributed by atoms with van der Waals surface area (Å²) in [6.07, 6.45) is 3.78. The third-order valence-corrected chi connectivity index (χ3v) is 3.91. The van der Waals surface area contributed by atoms with E-state index in [1.165, 1.54) is 18.9 Å². The number of benzene rings is 1. The van der Waals surface area contributed by atoms with E-state index in [4.69, 9.17) is 0 Å². The van der Waals surface area contributed by atoms with Crippen LogP contribution in [0, 0.1) is 11.7 Å². The molecule has 1 aromatic carbocycles. The predicted octanol–water partition coefficient (Wildman–Crippen LogP) is 4.04. The van der Waals surface area contributed by atoms with Gasteiger partial charge in [0, 0.05) is 6.04 Å². The molecule has 1 aliphatic rings. The number of rotatable bonds is 5. The van der Waals surface area contributed by atoms with Gasteiger partial charge in [0.25, 0.3) is 0 Å². The lowest BCUT2D eigenvalue weighted by molar-refractivity contribution is 0.481. The standard InChI is InChI=1S/C13H17BrFN/c1-2-16-12(8-9-6-7-9)10-4-3-5-11(15)13(10)14/h3-5,9,12,16H,2,6-8H2,1H3. The van der Waals surface area contributed by atoms with Crippen molar-refractivity contribution in [3.63, 3.8) is 0 Å². The Morgan fingerprint density at radius 2 is 2.25 bits per heavy atom. The summed E-state index contributed by atoms with van der Waals surface area (Å²) in [4.78, 5) is 0. The molecule has 0 bridgehead atoms. The van der Waals surface area contributed by atoms with E-state index in [2.05, 4.69) is 28.2 Å². The molecular weight excluding hydrogens is 269 g/mol. The average Bonchev–Trinajstić information content (AvgIpc) is 3.06. The van der Waals surface area contributed by atoms with Gasteiger partial charge in [0.2, 0.25) is 0 Å². The van der Waals surface area contributed by atoms with Crippen LogP contribution in [-0.2, 0) is 0 Å². The number of nitrogens with one attached hydrogen (secondary N) is 1. The molecule has 1 aliphatic carbocycles. The van der Waals surface area contributed by atoms with Gasteiger partial charge in [0.05, 0.1) is 4.47 Å². The second kappa shape index (κ2) is 5.28. The smallest absolute Gasteiger partial charge is 0.137 e. The maximum absolute atomic E-state index is 13.5. The largest absolute Gasteiger partial charge is 0.310 e. The Bertz CT molecular complexity index is 363. The molecule has 1 unspecified atom stereocenters. The molecule has 0 amide bonds. The minimum atomic E-state index is -0.170. The first kappa shape index (κ1) is 12.1. The van der Waals surface area contributed by atoms with Crippen molar-refractivity contribution in [2.24, 2.45) is 5.92 Å². The Balaban J connectivity index is 2.18. The lowest BCUT2D eigenvalue weighted by Gasteiger charge is -2.19.